The van der Waals surface area contributed by atoms with E-state index in [0.29, 0.717) is 25.9 Å². The Morgan fingerprint density at radius 2 is 1.79 bits per heavy atom. The number of nitriles is 1. The molecule has 6 heteroatoms. The van der Waals surface area contributed by atoms with Crippen molar-refractivity contribution >= 4 is 5.91 Å². The third kappa shape index (κ3) is 5.15. The number of nitrogens with zero attached hydrogens (tertiary/aromatic N) is 2. The van der Waals surface area contributed by atoms with Crippen LogP contribution in [0.2, 0.25) is 0 Å². The summed E-state index contributed by atoms with van der Waals surface area (Å²) < 4.78 is 0. The zero-order chi connectivity index (χ0) is 14.1. The number of rotatable bonds is 7. The summed E-state index contributed by atoms with van der Waals surface area (Å²) in [4.78, 5) is 13.6. The molecule has 3 N–H and O–H groups in total. The van der Waals surface area contributed by atoms with Gasteiger partial charge in [-0.2, -0.15) is 5.26 Å². The Labute approximate surface area is 114 Å². The molecule has 19 heavy (non-hydrogen) atoms. The zero-order valence-corrected chi connectivity index (χ0v) is 11.3. The molecule has 1 aliphatic carbocycles. The van der Waals surface area contributed by atoms with E-state index in [1.165, 1.54) is 0 Å². The fraction of sp³-hybridized carbons (Fsp3) is 0.846. The van der Waals surface area contributed by atoms with Crippen molar-refractivity contribution in [1.82, 2.24) is 10.2 Å². The predicted octanol–water partition coefficient (Wildman–Crippen LogP) is -0.384. The van der Waals surface area contributed by atoms with Gasteiger partial charge >= 0.3 is 0 Å². The highest BCUT2D eigenvalue weighted by molar-refractivity contribution is 5.79. The molecule has 1 amide bonds. The molecule has 0 unspecified atom stereocenters. The first-order valence-electron chi connectivity index (χ1n) is 6.82. The maximum atomic E-state index is 12.0. The number of nitrogens with one attached hydrogen (secondary N) is 1. The number of hydrogen-bond acceptors (Lipinski definition) is 5. The summed E-state index contributed by atoms with van der Waals surface area (Å²) in [5.41, 5.74) is -0.723. The highest BCUT2D eigenvalue weighted by Crippen LogP contribution is 2.27. The van der Waals surface area contributed by atoms with Gasteiger partial charge in [0.25, 0.3) is 0 Å². The summed E-state index contributed by atoms with van der Waals surface area (Å²) in [5.74, 6) is -0.217. The van der Waals surface area contributed by atoms with E-state index in [-0.39, 0.29) is 25.7 Å². The zero-order valence-electron chi connectivity index (χ0n) is 11.3. The predicted molar refractivity (Wildman–Crippen MR) is 70.2 cm³/mol. The van der Waals surface area contributed by atoms with Gasteiger partial charge in [-0.05, 0) is 12.8 Å². The molecule has 0 aliphatic heterocycles. The van der Waals surface area contributed by atoms with Gasteiger partial charge in [-0.3, -0.25) is 9.69 Å². The van der Waals surface area contributed by atoms with Gasteiger partial charge in [-0.1, -0.05) is 19.3 Å². The summed E-state index contributed by atoms with van der Waals surface area (Å²) >= 11 is 0. The minimum absolute atomic E-state index is 0.0589. The number of aliphatic hydroxyl groups excluding tert-OH is 2. The Kier molecular flexibility index (Phi) is 6.78. The van der Waals surface area contributed by atoms with Crippen molar-refractivity contribution in [3.05, 3.63) is 0 Å². The summed E-state index contributed by atoms with van der Waals surface area (Å²) in [6, 6.07) is 2.24. The fourth-order valence-electron chi connectivity index (χ4n) is 2.48. The van der Waals surface area contributed by atoms with Crippen LogP contribution >= 0.6 is 0 Å². The summed E-state index contributed by atoms with van der Waals surface area (Å²) in [5, 5.41) is 29.9. The van der Waals surface area contributed by atoms with Crippen LogP contribution in [0.1, 0.15) is 32.1 Å². The molecule has 0 saturated heterocycles. The van der Waals surface area contributed by atoms with Crippen LogP contribution in [0.3, 0.4) is 0 Å². The Morgan fingerprint density at radius 3 is 2.26 bits per heavy atom. The molecular formula is C13H23N3O3. The topological polar surface area (TPSA) is 96.6 Å². The van der Waals surface area contributed by atoms with Crippen LogP contribution in [0, 0.1) is 11.3 Å². The van der Waals surface area contributed by atoms with Crippen LogP contribution in [-0.2, 0) is 4.79 Å². The number of aliphatic hydroxyl groups is 2. The third-order valence-corrected chi connectivity index (χ3v) is 3.50. The second-order valence-corrected chi connectivity index (χ2v) is 5.03. The Bertz CT molecular complexity index is 316. The lowest BCUT2D eigenvalue weighted by Gasteiger charge is -2.32. The molecule has 1 saturated carbocycles. The van der Waals surface area contributed by atoms with Gasteiger partial charge in [-0.15, -0.1) is 0 Å². The Balaban J connectivity index is 2.50. The van der Waals surface area contributed by atoms with Gasteiger partial charge < -0.3 is 15.5 Å². The highest BCUT2D eigenvalue weighted by atomic mass is 16.3. The molecular weight excluding hydrogens is 246 g/mol. The molecule has 6 nitrogen and oxygen atoms in total. The molecule has 1 rings (SSSR count). The SMILES string of the molecule is N#CC1(NC(=O)CN(CCO)CCO)CCCCC1. The van der Waals surface area contributed by atoms with E-state index < -0.39 is 5.54 Å². The van der Waals surface area contributed by atoms with E-state index in [4.69, 9.17) is 10.2 Å². The van der Waals surface area contributed by atoms with Crippen molar-refractivity contribution in [2.24, 2.45) is 0 Å². The van der Waals surface area contributed by atoms with Crippen molar-refractivity contribution in [3.63, 3.8) is 0 Å². The maximum Gasteiger partial charge on any atom is 0.235 e. The van der Waals surface area contributed by atoms with E-state index in [1.807, 2.05) is 0 Å². The number of carbonyl (C=O) groups is 1. The molecule has 0 aromatic carbocycles. The quantitative estimate of drug-likeness (QED) is 0.585. The minimum atomic E-state index is -0.723. The van der Waals surface area contributed by atoms with E-state index in [0.717, 1.165) is 19.3 Å². The summed E-state index contributed by atoms with van der Waals surface area (Å²) in [6.07, 6.45) is 4.45. The van der Waals surface area contributed by atoms with Gasteiger partial charge in [0.2, 0.25) is 5.91 Å². The van der Waals surface area contributed by atoms with Crippen LogP contribution in [0.4, 0.5) is 0 Å². The van der Waals surface area contributed by atoms with Crippen molar-refractivity contribution in [2.45, 2.75) is 37.6 Å². The normalized spacial score (nSPS) is 18.0. The first kappa shape index (κ1) is 15.9. The monoisotopic (exact) mass is 269 g/mol. The van der Waals surface area contributed by atoms with E-state index in [9.17, 15) is 10.1 Å². The summed E-state index contributed by atoms with van der Waals surface area (Å²) in [6.45, 7) is 0.666. The van der Waals surface area contributed by atoms with Crippen molar-refractivity contribution < 1.29 is 15.0 Å². The minimum Gasteiger partial charge on any atom is -0.395 e. The number of amides is 1. The first-order valence-corrected chi connectivity index (χ1v) is 6.82. The second-order valence-electron chi connectivity index (χ2n) is 5.03. The highest BCUT2D eigenvalue weighted by Gasteiger charge is 2.33. The van der Waals surface area contributed by atoms with Gasteiger partial charge in [0.05, 0.1) is 25.8 Å². The summed E-state index contributed by atoms with van der Waals surface area (Å²) in [7, 11) is 0. The van der Waals surface area contributed by atoms with E-state index >= 15 is 0 Å². The van der Waals surface area contributed by atoms with Crippen LogP contribution in [0.5, 0.6) is 0 Å². The lowest BCUT2D eigenvalue weighted by Crippen LogP contribution is -2.52. The molecule has 108 valence electrons. The molecule has 0 heterocycles. The average Bonchev–Trinajstić information content (AvgIpc) is 2.40. The first-order chi connectivity index (χ1) is 9.15. The standard InChI is InChI=1S/C13H23N3O3/c14-11-13(4-2-1-3-5-13)15-12(19)10-16(6-8-17)7-9-18/h17-18H,1-10H2,(H,15,19). The lowest BCUT2D eigenvalue weighted by molar-refractivity contribution is -0.124. The van der Waals surface area contributed by atoms with Gasteiger partial charge in [-0.25, -0.2) is 0 Å². The third-order valence-electron chi connectivity index (χ3n) is 3.50. The molecule has 0 bridgehead atoms. The van der Waals surface area contributed by atoms with Crippen molar-refractivity contribution in [3.8, 4) is 6.07 Å². The van der Waals surface area contributed by atoms with E-state index in [1.54, 1.807) is 4.90 Å². The molecule has 1 fully saturated rings. The fourth-order valence-corrected chi connectivity index (χ4v) is 2.48. The van der Waals surface area contributed by atoms with Crippen molar-refractivity contribution in [1.29, 1.82) is 5.26 Å². The molecule has 0 aromatic heterocycles. The molecule has 0 spiro atoms. The molecule has 1 aliphatic rings. The number of carbonyl (C=O) groups excluding carboxylic acids is 1. The largest absolute Gasteiger partial charge is 0.395 e. The van der Waals surface area contributed by atoms with Gasteiger partial charge in [0.1, 0.15) is 5.54 Å². The van der Waals surface area contributed by atoms with Gasteiger partial charge in [0.15, 0.2) is 0 Å². The second kappa shape index (κ2) is 8.10. The van der Waals surface area contributed by atoms with Crippen LogP contribution < -0.4 is 5.32 Å². The van der Waals surface area contributed by atoms with Crippen LogP contribution in [-0.4, -0.2) is 59.4 Å². The molecule has 0 radical (unpaired) electrons. The van der Waals surface area contributed by atoms with Crippen molar-refractivity contribution in [2.75, 3.05) is 32.8 Å². The van der Waals surface area contributed by atoms with Gasteiger partial charge in [0, 0.05) is 13.1 Å². The molecule has 0 atom stereocenters. The Morgan fingerprint density at radius 1 is 1.21 bits per heavy atom. The maximum absolute atomic E-state index is 12.0. The van der Waals surface area contributed by atoms with Crippen LogP contribution in [0.25, 0.3) is 0 Å². The van der Waals surface area contributed by atoms with Crippen LogP contribution in [0.15, 0.2) is 0 Å². The van der Waals surface area contributed by atoms with E-state index in [2.05, 4.69) is 11.4 Å². The number of hydrogen-bond donors (Lipinski definition) is 3. The Hall–Kier alpha value is -1.16. The lowest BCUT2D eigenvalue weighted by atomic mass is 9.83. The molecule has 0 aromatic rings. The average molecular weight is 269 g/mol. The smallest absolute Gasteiger partial charge is 0.235 e.